The van der Waals surface area contributed by atoms with Crippen LogP contribution >= 0.6 is 0 Å². The van der Waals surface area contributed by atoms with Crippen LogP contribution in [-0.2, 0) is 14.3 Å². The van der Waals surface area contributed by atoms with Gasteiger partial charge in [-0.25, -0.2) is 15.0 Å². The number of hydrazone groups is 1. The fraction of sp³-hybridized carbons (Fsp3) is 0.700. The standard InChI is InChI=1S/C10H17N5O4/c1-5-18-8(16)7(6-12-15-11)13-14-9(17)19-10(2,3)4/h5-6H2,1-4H3,(H,14,17)/b13-7-. The van der Waals surface area contributed by atoms with Crippen molar-refractivity contribution in [1.82, 2.24) is 5.43 Å². The molecule has 0 spiro atoms. The first-order valence-corrected chi connectivity index (χ1v) is 5.53. The quantitative estimate of drug-likeness (QED) is 0.204. The average molecular weight is 271 g/mol. The molecule has 106 valence electrons. The first-order valence-electron chi connectivity index (χ1n) is 5.53. The molecule has 0 rings (SSSR count). The summed E-state index contributed by atoms with van der Waals surface area (Å²) >= 11 is 0. The lowest BCUT2D eigenvalue weighted by atomic mass is 10.2. The van der Waals surface area contributed by atoms with E-state index in [2.05, 4.69) is 19.9 Å². The van der Waals surface area contributed by atoms with Gasteiger partial charge in [0.05, 0.1) is 13.2 Å². The van der Waals surface area contributed by atoms with Gasteiger partial charge in [0.15, 0.2) is 5.71 Å². The zero-order chi connectivity index (χ0) is 14.9. The Morgan fingerprint density at radius 3 is 2.47 bits per heavy atom. The van der Waals surface area contributed by atoms with Gasteiger partial charge in [0.1, 0.15) is 5.60 Å². The van der Waals surface area contributed by atoms with Crippen LogP contribution in [-0.4, -0.2) is 36.5 Å². The lowest BCUT2D eigenvalue weighted by Crippen LogP contribution is -2.32. The predicted molar refractivity (Wildman–Crippen MR) is 67.5 cm³/mol. The van der Waals surface area contributed by atoms with Crippen LogP contribution in [0.4, 0.5) is 4.79 Å². The number of azide groups is 1. The number of esters is 1. The molecule has 0 aliphatic rings. The molecule has 0 bridgehead atoms. The molecule has 9 nitrogen and oxygen atoms in total. The highest BCUT2D eigenvalue weighted by atomic mass is 16.6. The normalized spacial score (nSPS) is 11.3. The second kappa shape index (κ2) is 7.93. The van der Waals surface area contributed by atoms with E-state index >= 15 is 0 Å². The number of carbonyl (C=O) groups is 2. The second-order valence-electron chi connectivity index (χ2n) is 4.28. The first-order chi connectivity index (χ1) is 8.80. The molecule has 0 aromatic heterocycles. The molecular formula is C10H17N5O4. The molecule has 0 heterocycles. The van der Waals surface area contributed by atoms with Crippen molar-refractivity contribution < 1.29 is 19.1 Å². The Kier molecular flexibility index (Phi) is 6.98. The van der Waals surface area contributed by atoms with Gasteiger partial charge in [0.25, 0.3) is 0 Å². The molecule has 0 aromatic carbocycles. The van der Waals surface area contributed by atoms with E-state index in [1.807, 2.05) is 5.43 Å². The second-order valence-corrected chi connectivity index (χ2v) is 4.28. The largest absolute Gasteiger partial charge is 0.461 e. The van der Waals surface area contributed by atoms with Gasteiger partial charge in [-0.15, -0.1) is 0 Å². The minimum Gasteiger partial charge on any atom is -0.461 e. The minimum absolute atomic E-state index is 0.139. The van der Waals surface area contributed by atoms with Crippen molar-refractivity contribution in [1.29, 1.82) is 0 Å². The van der Waals surface area contributed by atoms with Crippen LogP contribution < -0.4 is 5.43 Å². The van der Waals surface area contributed by atoms with E-state index in [1.165, 1.54) is 0 Å². The number of hydrogen-bond acceptors (Lipinski definition) is 6. The molecule has 0 aromatic rings. The van der Waals surface area contributed by atoms with Gasteiger partial charge >= 0.3 is 12.1 Å². The number of carbonyl (C=O) groups excluding carboxylic acids is 2. The van der Waals surface area contributed by atoms with Crippen LogP contribution in [0.1, 0.15) is 27.7 Å². The Hall–Kier alpha value is -2.28. The minimum atomic E-state index is -0.824. The van der Waals surface area contributed by atoms with E-state index in [1.54, 1.807) is 27.7 Å². The molecule has 9 heteroatoms. The summed E-state index contributed by atoms with van der Waals surface area (Å²) in [6.07, 6.45) is -0.824. The Bertz CT molecular complexity index is 407. The number of nitrogens with one attached hydrogen (secondary N) is 1. The fourth-order valence-corrected chi connectivity index (χ4v) is 0.873. The van der Waals surface area contributed by atoms with E-state index in [4.69, 9.17) is 10.3 Å². The zero-order valence-electron chi connectivity index (χ0n) is 11.3. The van der Waals surface area contributed by atoms with E-state index in [0.717, 1.165) is 0 Å². The maximum atomic E-state index is 11.4. The fourth-order valence-electron chi connectivity index (χ4n) is 0.873. The topological polar surface area (TPSA) is 126 Å². The summed E-state index contributed by atoms with van der Waals surface area (Å²) in [5.41, 5.74) is 9.32. The van der Waals surface area contributed by atoms with Crippen LogP contribution in [0.5, 0.6) is 0 Å². The predicted octanol–water partition coefficient (Wildman–Crippen LogP) is 1.74. The van der Waals surface area contributed by atoms with Crippen molar-refractivity contribution in [3.8, 4) is 0 Å². The van der Waals surface area contributed by atoms with Gasteiger partial charge in [0, 0.05) is 4.91 Å². The average Bonchev–Trinajstić information content (AvgIpc) is 2.27. The number of ether oxygens (including phenoxy) is 2. The van der Waals surface area contributed by atoms with Gasteiger partial charge in [-0.3, -0.25) is 0 Å². The molecule has 0 radical (unpaired) electrons. The Morgan fingerprint density at radius 2 is 2.00 bits per heavy atom. The molecule has 0 saturated heterocycles. The van der Waals surface area contributed by atoms with E-state index in [0.29, 0.717) is 0 Å². The summed E-state index contributed by atoms with van der Waals surface area (Å²) in [6.45, 7) is 6.48. The van der Waals surface area contributed by atoms with E-state index < -0.39 is 17.7 Å². The Labute approximate surface area is 110 Å². The van der Waals surface area contributed by atoms with Crippen LogP contribution in [0.2, 0.25) is 0 Å². The van der Waals surface area contributed by atoms with Gasteiger partial charge < -0.3 is 9.47 Å². The van der Waals surface area contributed by atoms with Crippen molar-refractivity contribution in [2.45, 2.75) is 33.3 Å². The molecule has 0 unspecified atom stereocenters. The molecule has 0 fully saturated rings. The van der Waals surface area contributed by atoms with Crippen LogP contribution in [0.3, 0.4) is 0 Å². The Balaban J connectivity index is 4.67. The highest BCUT2D eigenvalue weighted by Gasteiger charge is 2.17. The third-order valence-corrected chi connectivity index (χ3v) is 1.48. The number of rotatable bonds is 5. The molecule has 19 heavy (non-hydrogen) atoms. The maximum Gasteiger partial charge on any atom is 0.428 e. The van der Waals surface area contributed by atoms with Gasteiger partial charge in [0.2, 0.25) is 0 Å². The van der Waals surface area contributed by atoms with Crippen molar-refractivity contribution in [2.24, 2.45) is 10.2 Å². The molecule has 1 amide bonds. The molecular weight excluding hydrogens is 254 g/mol. The third-order valence-electron chi connectivity index (χ3n) is 1.48. The van der Waals surface area contributed by atoms with Gasteiger partial charge in [-0.05, 0) is 33.2 Å². The maximum absolute atomic E-state index is 11.4. The lowest BCUT2D eigenvalue weighted by molar-refractivity contribution is -0.135. The summed E-state index contributed by atoms with van der Waals surface area (Å²) in [4.78, 5) is 25.2. The molecule has 0 saturated carbocycles. The van der Waals surface area contributed by atoms with Gasteiger partial charge in [-0.2, -0.15) is 5.10 Å². The van der Waals surface area contributed by atoms with Crippen LogP contribution in [0.15, 0.2) is 10.2 Å². The SMILES string of the molecule is CCOC(=O)/C(CN=[N+]=[N-])=N\NC(=O)OC(C)(C)C. The first kappa shape index (κ1) is 16.7. The Morgan fingerprint density at radius 1 is 1.37 bits per heavy atom. The molecule has 0 aliphatic heterocycles. The number of amides is 1. The smallest absolute Gasteiger partial charge is 0.428 e. The van der Waals surface area contributed by atoms with Crippen molar-refractivity contribution in [3.05, 3.63) is 10.4 Å². The highest BCUT2D eigenvalue weighted by Crippen LogP contribution is 2.06. The van der Waals surface area contributed by atoms with E-state index in [9.17, 15) is 9.59 Å². The molecule has 0 aliphatic carbocycles. The molecule has 0 atom stereocenters. The summed E-state index contributed by atoms with van der Waals surface area (Å²) in [5.74, 6) is -0.772. The zero-order valence-corrected chi connectivity index (χ0v) is 11.3. The third kappa shape index (κ3) is 8.44. The summed E-state index contributed by atoms with van der Waals surface area (Å²) in [7, 11) is 0. The number of hydrogen-bond donors (Lipinski definition) is 1. The molecule has 1 N–H and O–H groups in total. The van der Waals surface area contributed by atoms with Crippen molar-refractivity contribution in [2.75, 3.05) is 13.2 Å². The summed E-state index contributed by atoms with van der Waals surface area (Å²) in [5, 5.41) is 6.70. The van der Waals surface area contributed by atoms with E-state index in [-0.39, 0.29) is 18.9 Å². The highest BCUT2D eigenvalue weighted by molar-refractivity contribution is 6.37. The summed E-state index contributed by atoms with van der Waals surface area (Å²) < 4.78 is 9.61. The van der Waals surface area contributed by atoms with Gasteiger partial charge in [-0.1, -0.05) is 5.11 Å². The monoisotopic (exact) mass is 271 g/mol. The summed E-state index contributed by atoms with van der Waals surface area (Å²) in [6, 6.07) is 0. The number of nitrogens with zero attached hydrogens (tertiary/aromatic N) is 4. The van der Waals surface area contributed by atoms with Crippen molar-refractivity contribution in [3.63, 3.8) is 0 Å². The lowest BCUT2D eigenvalue weighted by Gasteiger charge is -2.18. The van der Waals surface area contributed by atoms with Crippen LogP contribution in [0, 0.1) is 0 Å². The van der Waals surface area contributed by atoms with Crippen molar-refractivity contribution >= 4 is 17.8 Å². The van der Waals surface area contributed by atoms with Crippen LogP contribution in [0.25, 0.3) is 10.4 Å².